The van der Waals surface area contributed by atoms with Crippen molar-refractivity contribution in [3.05, 3.63) is 64.6 Å². The number of carbonyl (C=O) groups is 1. The molecule has 0 bridgehead atoms. The Balaban J connectivity index is 2.09. The van der Waals surface area contributed by atoms with Gasteiger partial charge < -0.3 is 9.52 Å². The van der Waals surface area contributed by atoms with Gasteiger partial charge in [-0.3, -0.25) is 4.79 Å². The summed E-state index contributed by atoms with van der Waals surface area (Å²) < 4.78 is 5.23. The number of furan rings is 1. The lowest BCUT2D eigenvalue weighted by molar-refractivity contribution is 0.104. The molecule has 92 valence electrons. The lowest BCUT2D eigenvalue weighted by Crippen LogP contribution is -1.92. The summed E-state index contributed by atoms with van der Waals surface area (Å²) in [5.41, 5.74) is 0.560. The van der Waals surface area contributed by atoms with E-state index in [9.17, 15) is 4.79 Å². The highest BCUT2D eigenvalue weighted by Gasteiger charge is 2.02. The maximum atomic E-state index is 11.8. The van der Waals surface area contributed by atoms with Gasteiger partial charge in [-0.2, -0.15) is 0 Å². The van der Waals surface area contributed by atoms with Gasteiger partial charge in [0.1, 0.15) is 18.1 Å². The Hall–Kier alpha value is -1.84. The zero-order valence-electron chi connectivity index (χ0n) is 9.47. The van der Waals surface area contributed by atoms with Gasteiger partial charge in [0.05, 0.1) is 0 Å². The van der Waals surface area contributed by atoms with Gasteiger partial charge in [0, 0.05) is 10.6 Å². The summed E-state index contributed by atoms with van der Waals surface area (Å²) in [6.07, 6.45) is 2.99. The number of ketones is 1. The molecule has 1 N–H and O–H groups in total. The minimum absolute atomic E-state index is 0.131. The summed E-state index contributed by atoms with van der Waals surface area (Å²) in [6.45, 7) is -0.154. The van der Waals surface area contributed by atoms with Crippen molar-refractivity contribution in [3.8, 4) is 0 Å². The second-order valence-electron chi connectivity index (χ2n) is 3.67. The highest BCUT2D eigenvalue weighted by Crippen LogP contribution is 2.12. The fourth-order valence-electron chi connectivity index (χ4n) is 1.44. The normalized spacial score (nSPS) is 11.0. The van der Waals surface area contributed by atoms with Gasteiger partial charge in [0.2, 0.25) is 0 Å². The van der Waals surface area contributed by atoms with E-state index in [1.807, 2.05) is 0 Å². The molecule has 0 saturated carbocycles. The number of aliphatic hydroxyl groups excluding tert-OH is 1. The molecule has 2 rings (SSSR count). The van der Waals surface area contributed by atoms with Crippen LogP contribution in [0.4, 0.5) is 0 Å². The van der Waals surface area contributed by atoms with Crippen LogP contribution in [0.2, 0.25) is 5.02 Å². The van der Waals surface area contributed by atoms with E-state index in [-0.39, 0.29) is 12.4 Å². The van der Waals surface area contributed by atoms with Crippen molar-refractivity contribution >= 4 is 23.5 Å². The molecule has 1 aromatic heterocycles. The van der Waals surface area contributed by atoms with Crippen LogP contribution in [0.5, 0.6) is 0 Å². The first-order valence-corrected chi connectivity index (χ1v) is 5.74. The molecule has 4 heteroatoms. The molecule has 1 aromatic carbocycles. The lowest BCUT2D eigenvalue weighted by atomic mass is 10.1. The number of benzene rings is 1. The van der Waals surface area contributed by atoms with E-state index in [1.54, 1.807) is 42.5 Å². The van der Waals surface area contributed by atoms with Crippen molar-refractivity contribution in [2.24, 2.45) is 0 Å². The Labute approximate surface area is 109 Å². The van der Waals surface area contributed by atoms with Crippen molar-refractivity contribution < 1.29 is 14.3 Å². The molecular weight excluding hydrogens is 252 g/mol. The van der Waals surface area contributed by atoms with Crippen LogP contribution >= 0.6 is 11.6 Å². The molecule has 0 spiro atoms. The molecule has 18 heavy (non-hydrogen) atoms. The summed E-state index contributed by atoms with van der Waals surface area (Å²) in [7, 11) is 0. The molecule has 3 nitrogen and oxygen atoms in total. The molecule has 1 heterocycles. The predicted molar refractivity (Wildman–Crippen MR) is 69.4 cm³/mol. The topological polar surface area (TPSA) is 50.4 Å². The van der Waals surface area contributed by atoms with Crippen molar-refractivity contribution in [2.75, 3.05) is 0 Å². The molecule has 0 aliphatic heterocycles. The Kier molecular flexibility index (Phi) is 3.97. The van der Waals surface area contributed by atoms with Gasteiger partial charge in [0.25, 0.3) is 0 Å². The average molecular weight is 263 g/mol. The number of carbonyl (C=O) groups excluding carboxylic acids is 1. The molecule has 0 saturated heterocycles. The SMILES string of the molecule is O=C(/C=C/c1ccc(CO)o1)c1ccc(Cl)cc1. The Bertz CT molecular complexity index is 567. The third-order valence-electron chi connectivity index (χ3n) is 2.37. The van der Waals surface area contributed by atoms with Crippen LogP contribution in [0.25, 0.3) is 6.08 Å². The minimum Gasteiger partial charge on any atom is -0.459 e. The first kappa shape index (κ1) is 12.6. The quantitative estimate of drug-likeness (QED) is 0.679. The highest BCUT2D eigenvalue weighted by molar-refractivity contribution is 6.30. The van der Waals surface area contributed by atoms with Crippen molar-refractivity contribution in [3.63, 3.8) is 0 Å². The summed E-state index contributed by atoms with van der Waals surface area (Å²) in [5, 5.41) is 9.43. The van der Waals surface area contributed by atoms with Gasteiger partial charge >= 0.3 is 0 Å². The molecule has 2 aromatic rings. The van der Waals surface area contributed by atoms with Crippen LogP contribution in [-0.2, 0) is 6.61 Å². The number of aliphatic hydroxyl groups is 1. The number of allylic oxidation sites excluding steroid dienone is 1. The van der Waals surface area contributed by atoms with Crippen molar-refractivity contribution in [2.45, 2.75) is 6.61 Å². The molecule has 0 aliphatic rings. The maximum Gasteiger partial charge on any atom is 0.185 e. The number of halogens is 1. The summed E-state index contributed by atoms with van der Waals surface area (Å²) in [6, 6.07) is 10.0. The standard InChI is InChI=1S/C14H11ClO3/c15-11-3-1-10(2-4-11)14(17)8-7-12-5-6-13(9-16)18-12/h1-8,16H,9H2/b8-7+. The molecule has 0 aliphatic carbocycles. The summed E-state index contributed by atoms with van der Waals surface area (Å²) in [5.74, 6) is 0.864. The highest BCUT2D eigenvalue weighted by atomic mass is 35.5. The van der Waals surface area contributed by atoms with E-state index in [0.717, 1.165) is 0 Å². The van der Waals surface area contributed by atoms with E-state index in [0.29, 0.717) is 22.1 Å². The Morgan fingerprint density at radius 3 is 2.56 bits per heavy atom. The summed E-state index contributed by atoms with van der Waals surface area (Å²) in [4.78, 5) is 11.8. The van der Waals surface area contributed by atoms with Crippen LogP contribution in [0.3, 0.4) is 0 Å². The zero-order valence-corrected chi connectivity index (χ0v) is 10.2. The minimum atomic E-state index is -0.154. The zero-order chi connectivity index (χ0) is 13.0. The van der Waals surface area contributed by atoms with Gasteiger partial charge in [-0.05, 0) is 48.6 Å². The molecule has 0 amide bonds. The predicted octanol–water partition coefficient (Wildman–Crippen LogP) is 3.32. The van der Waals surface area contributed by atoms with E-state index in [2.05, 4.69) is 0 Å². The van der Waals surface area contributed by atoms with Gasteiger partial charge in [-0.25, -0.2) is 0 Å². The average Bonchev–Trinajstić information content (AvgIpc) is 2.85. The Morgan fingerprint density at radius 2 is 1.94 bits per heavy atom. The fraction of sp³-hybridized carbons (Fsp3) is 0.0714. The largest absolute Gasteiger partial charge is 0.459 e. The number of rotatable bonds is 4. The van der Waals surface area contributed by atoms with E-state index < -0.39 is 0 Å². The van der Waals surface area contributed by atoms with E-state index >= 15 is 0 Å². The third-order valence-corrected chi connectivity index (χ3v) is 2.62. The number of hydrogen-bond donors (Lipinski definition) is 1. The second-order valence-corrected chi connectivity index (χ2v) is 4.10. The van der Waals surface area contributed by atoms with Gasteiger partial charge in [0.15, 0.2) is 5.78 Å². The molecular formula is C14H11ClO3. The maximum absolute atomic E-state index is 11.8. The fourth-order valence-corrected chi connectivity index (χ4v) is 1.56. The molecule has 0 fully saturated rings. The smallest absolute Gasteiger partial charge is 0.185 e. The monoisotopic (exact) mass is 262 g/mol. The first-order chi connectivity index (χ1) is 8.69. The second kappa shape index (κ2) is 5.67. The first-order valence-electron chi connectivity index (χ1n) is 5.36. The van der Waals surface area contributed by atoms with Crippen molar-refractivity contribution in [1.82, 2.24) is 0 Å². The van der Waals surface area contributed by atoms with Gasteiger partial charge in [-0.15, -0.1) is 0 Å². The van der Waals surface area contributed by atoms with E-state index in [1.165, 1.54) is 6.08 Å². The molecule has 0 radical (unpaired) electrons. The van der Waals surface area contributed by atoms with Crippen LogP contribution in [0.1, 0.15) is 21.9 Å². The molecule has 0 unspecified atom stereocenters. The van der Waals surface area contributed by atoms with E-state index in [4.69, 9.17) is 21.1 Å². The Morgan fingerprint density at radius 1 is 1.22 bits per heavy atom. The van der Waals surface area contributed by atoms with Gasteiger partial charge in [-0.1, -0.05) is 11.6 Å². The number of hydrogen-bond acceptors (Lipinski definition) is 3. The van der Waals surface area contributed by atoms with Crippen LogP contribution in [-0.4, -0.2) is 10.9 Å². The van der Waals surface area contributed by atoms with Crippen LogP contribution in [0, 0.1) is 0 Å². The van der Waals surface area contributed by atoms with Crippen LogP contribution in [0.15, 0.2) is 46.9 Å². The lowest BCUT2D eigenvalue weighted by Gasteiger charge is -1.95. The van der Waals surface area contributed by atoms with Crippen LogP contribution < -0.4 is 0 Å². The summed E-state index contributed by atoms with van der Waals surface area (Å²) >= 11 is 5.74. The third kappa shape index (κ3) is 3.09. The molecule has 0 atom stereocenters. The van der Waals surface area contributed by atoms with Crippen molar-refractivity contribution in [1.29, 1.82) is 0 Å².